The molecule has 0 saturated heterocycles. The van der Waals surface area contributed by atoms with Gasteiger partial charge in [-0.15, -0.1) is 0 Å². The first-order chi connectivity index (χ1) is 8.90. The van der Waals surface area contributed by atoms with Crippen molar-refractivity contribution >= 4 is 21.4 Å². The highest BCUT2D eigenvalue weighted by Gasteiger charge is 2.35. The van der Waals surface area contributed by atoms with Crippen LogP contribution in [-0.2, 0) is 10.0 Å². The van der Waals surface area contributed by atoms with Gasteiger partial charge in [0.1, 0.15) is 0 Å². The molecule has 0 heterocycles. The van der Waals surface area contributed by atoms with Gasteiger partial charge in [-0.3, -0.25) is 0 Å². The second kappa shape index (κ2) is 5.23. The Morgan fingerprint density at radius 2 is 1.75 bits per heavy atom. The Morgan fingerprint density at radius 3 is 2.15 bits per heavy atom. The van der Waals surface area contributed by atoms with Gasteiger partial charge in [-0.1, -0.05) is 0 Å². The van der Waals surface area contributed by atoms with E-state index in [0.29, 0.717) is 11.4 Å². The van der Waals surface area contributed by atoms with Crippen molar-refractivity contribution in [1.29, 1.82) is 0 Å². The Kier molecular flexibility index (Phi) is 4.38. The average Bonchev–Trinajstić information content (AvgIpc) is 2.30. The van der Waals surface area contributed by atoms with Crippen molar-refractivity contribution in [3.8, 4) is 0 Å². The monoisotopic (exact) mass is 301 g/mol. The summed E-state index contributed by atoms with van der Waals surface area (Å²) in [5, 5.41) is 13.2. The zero-order chi connectivity index (χ0) is 15.8. The lowest BCUT2D eigenvalue weighted by molar-refractivity contribution is 0.0241. The standard InChI is InChI=1S/C13H23N3O3S/c1-12(2,13(3,4)17)16-11-7-6-9(8-10(11)14)20(18,19)15-5/h6-8,15-17H,14H2,1-5H3. The number of nitrogen functional groups attached to an aromatic ring is 1. The third kappa shape index (κ3) is 3.41. The second-order valence-corrected chi connectivity index (χ2v) is 7.65. The molecule has 0 fully saturated rings. The highest BCUT2D eigenvalue weighted by molar-refractivity contribution is 7.89. The van der Waals surface area contributed by atoms with E-state index in [-0.39, 0.29) is 4.90 Å². The molecule has 0 unspecified atom stereocenters. The molecule has 7 heteroatoms. The molecule has 20 heavy (non-hydrogen) atoms. The van der Waals surface area contributed by atoms with Gasteiger partial charge in [-0.2, -0.15) is 0 Å². The van der Waals surface area contributed by atoms with E-state index in [9.17, 15) is 13.5 Å². The molecule has 6 nitrogen and oxygen atoms in total. The van der Waals surface area contributed by atoms with Crippen molar-refractivity contribution in [2.45, 2.75) is 43.7 Å². The Balaban J connectivity index is 3.13. The van der Waals surface area contributed by atoms with Crippen LogP contribution in [0.4, 0.5) is 11.4 Å². The van der Waals surface area contributed by atoms with E-state index in [1.807, 2.05) is 13.8 Å². The average molecular weight is 301 g/mol. The van der Waals surface area contributed by atoms with E-state index in [4.69, 9.17) is 5.73 Å². The minimum absolute atomic E-state index is 0.101. The van der Waals surface area contributed by atoms with Gasteiger partial charge in [-0.25, -0.2) is 13.1 Å². The summed E-state index contributed by atoms with van der Waals surface area (Å²) in [6, 6.07) is 4.44. The molecule has 0 radical (unpaired) electrons. The Hall–Kier alpha value is -1.31. The number of hydrogen-bond donors (Lipinski definition) is 4. The van der Waals surface area contributed by atoms with Crippen molar-refractivity contribution in [2.24, 2.45) is 0 Å². The number of hydrogen-bond acceptors (Lipinski definition) is 5. The van der Waals surface area contributed by atoms with Gasteiger partial charge in [0.2, 0.25) is 10.0 Å². The van der Waals surface area contributed by atoms with Crippen LogP contribution in [0.15, 0.2) is 23.1 Å². The molecule has 114 valence electrons. The summed E-state index contributed by atoms with van der Waals surface area (Å²) in [5.74, 6) is 0. The molecule has 0 aromatic heterocycles. The van der Waals surface area contributed by atoms with Crippen molar-refractivity contribution in [1.82, 2.24) is 4.72 Å². The SMILES string of the molecule is CNS(=O)(=O)c1ccc(NC(C)(C)C(C)(C)O)c(N)c1. The fourth-order valence-electron chi connectivity index (χ4n) is 1.43. The largest absolute Gasteiger partial charge is 0.397 e. The van der Waals surface area contributed by atoms with Gasteiger partial charge in [0.25, 0.3) is 0 Å². The summed E-state index contributed by atoms with van der Waals surface area (Å²) in [5.41, 5.74) is 5.16. The van der Waals surface area contributed by atoms with Gasteiger partial charge in [0.15, 0.2) is 0 Å². The molecular formula is C13H23N3O3S. The molecule has 0 spiro atoms. The number of aliphatic hydroxyl groups is 1. The molecule has 0 aliphatic rings. The topological polar surface area (TPSA) is 104 Å². The van der Waals surface area contributed by atoms with Crippen molar-refractivity contribution in [2.75, 3.05) is 18.1 Å². The van der Waals surface area contributed by atoms with E-state index in [0.717, 1.165) is 0 Å². The lowest BCUT2D eigenvalue weighted by Gasteiger charge is -2.39. The van der Waals surface area contributed by atoms with Crippen molar-refractivity contribution in [3.63, 3.8) is 0 Å². The van der Waals surface area contributed by atoms with Crippen LogP contribution in [0.3, 0.4) is 0 Å². The maximum absolute atomic E-state index is 11.7. The van der Waals surface area contributed by atoms with Crippen LogP contribution in [0.5, 0.6) is 0 Å². The Morgan fingerprint density at radius 1 is 1.20 bits per heavy atom. The van der Waals surface area contributed by atoms with E-state index in [1.165, 1.54) is 19.2 Å². The first-order valence-electron chi connectivity index (χ1n) is 6.24. The van der Waals surface area contributed by atoms with Crippen LogP contribution in [0.2, 0.25) is 0 Å². The smallest absolute Gasteiger partial charge is 0.240 e. The molecule has 1 aromatic rings. The third-order valence-corrected chi connectivity index (χ3v) is 4.99. The summed E-state index contributed by atoms with van der Waals surface area (Å²) in [6.45, 7) is 7.06. The molecule has 0 atom stereocenters. The maximum Gasteiger partial charge on any atom is 0.240 e. The summed E-state index contributed by atoms with van der Waals surface area (Å²) >= 11 is 0. The van der Waals surface area contributed by atoms with E-state index < -0.39 is 21.2 Å². The van der Waals surface area contributed by atoms with Crippen LogP contribution in [0.25, 0.3) is 0 Å². The van der Waals surface area contributed by atoms with Gasteiger partial charge in [0.05, 0.1) is 27.4 Å². The summed E-state index contributed by atoms with van der Waals surface area (Å²) < 4.78 is 25.6. The van der Waals surface area contributed by atoms with Gasteiger partial charge in [0, 0.05) is 0 Å². The van der Waals surface area contributed by atoms with Crippen LogP contribution < -0.4 is 15.8 Å². The lowest BCUT2D eigenvalue weighted by atomic mass is 9.85. The Bertz CT molecular complexity index is 589. The third-order valence-electron chi connectivity index (χ3n) is 3.58. The number of sulfonamides is 1. The molecule has 5 N–H and O–H groups in total. The minimum Gasteiger partial charge on any atom is -0.397 e. The number of benzene rings is 1. The number of nitrogens with two attached hydrogens (primary N) is 1. The van der Waals surface area contributed by atoms with Crippen molar-refractivity contribution < 1.29 is 13.5 Å². The predicted molar refractivity (Wildman–Crippen MR) is 81.1 cm³/mol. The van der Waals surface area contributed by atoms with Gasteiger partial charge >= 0.3 is 0 Å². The van der Waals surface area contributed by atoms with Crippen molar-refractivity contribution in [3.05, 3.63) is 18.2 Å². The van der Waals surface area contributed by atoms with Crippen LogP contribution in [-0.4, -0.2) is 31.7 Å². The number of nitrogens with one attached hydrogen (secondary N) is 2. The van der Waals surface area contributed by atoms with Crippen LogP contribution in [0.1, 0.15) is 27.7 Å². The van der Waals surface area contributed by atoms with E-state index >= 15 is 0 Å². The van der Waals surface area contributed by atoms with E-state index in [2.05, 4.69) is 10.0 Å². The van der Waals surface area contributed by atoms with Gasteiger partial charge in [-0.05, 0) is 52.9 Å². The highest BCUT2D eigenvalue weighted by atomic mass is 32.2. The summed E-state index contributed by atoms with van der Waals surface area (Å²) in [7, 11) is -2.17. The molecular weight excluding hydrogens is 278 g/mol. The number of anilines is 2. The molecule has 0 saturated carbocycles. The maximum atomic E-state index is 11.7. The summed E-state index contributed by atoms with van der Waals surface area (Å²) in [6.07, 6.45) is 0. The zero-order valence-corrected chi connectivity index (χ0v) is 13.3. The van der Waals surface area contributed by atoms with E-state index in [1.54, 1.807) is 19.9 Å². The first-order valence-corrected chi connectivity index (χ1v) is 7.73. The fourth-order valence-corrected chi connectivity index (χ4v) is 2.19. The molecule has 0 aliphatic heterocycles. The lowest BCUT2D eigenvalue weighted by Crippen LogP contribution is -2.51. The second-order valence-electron chi connectivity index (χ2n) is 5.77. The zero-order valence-electron chi connectivity index (χ0n) is 12.5. The minimum atomic E-state index is -3.52. The first kappa shape index (κ1) is 16.7. The highest BCUT2D eigenvalue weighted by Crippen LogP contribution is 2.30. The molecule has 0 amide bonds. The van der Waals surface area contributed by atoms with Crippen LogP contribution >= 0.6 is 0 Å². The quantitative estimate of drug-likeness (QED) is 0.610. The fraction of sp³-hybridized carbons (Fsp3) is 0.538. The van der Waals surface area contributed by atoms with Gasteiger partial charge < -0.3 is 16.2 Å². The molecule has 1 rings (SSSR count). The number of rotatable bonds is 5. The molecule has 0 bridgehead atoms. The molecule has 1 aromatic carbocycles. The Labute approximate surface area is 120 Å². The molecule has 0 aliphatic carbocycles. The van der Waals surface area contributed by atoms with Crippen LogP contribution in [0, 0.1) is 0 Å². The normalized spacial score (nSPS) is 13.3. The predicted octanol–water partition coefficient (Wildman–Crippen LogP) is 1.14. The summed E-state index contributed by atoms with van der Waals surface area (Å²) in [4.78, 5) is 0.101.